The summed E-state index contributed by atoms with van der Waals surface area (Å²) in [5.41, 5.74) is 6.32. The molecule has 2 aromatic heterocycles. The Balaban J connectivity index is 1.55. The fourth-order valence-corrected chi connectivity index (χ4v) is 3.85. The van der Waals surface area contributed by atoms with Gasteiger partial charge in [-0.3, -0.25) is 4.79 Å². The Morgan fingerprint density at radius 2 is 1.83 bits per heavy atom. The van der Waals surface area contributed by atoms with Gasteiger partial charge in [0.15, 0.2) is 5.65 Å². The first kappa shape index (κ1) is 20.1. The number of carbonyl (C=O) groups is 1. The van der Waals surface area contributed by atoms with Crippen LogP contribution in [-0.2, 0) is 12.8 Å². The van der Waals surface area contributed by atoms with Crippen molar-refractivity contribution in [3.63, 3.8) is 0 Å². The number of halogens is 1. The molecule has 0 fully saturated rings. The van der Waals surface area contributed by atoms with Gasteiger partial charge in [-0.2, -0.15) is 5.10 Å². The van der Waals surface area contributed by atoms with Crippen LogP contribution in [0, 0.1) is 13.8 Å². The van der Waals surface area contributed by atoms with Crippen LogP contribution >= 0.6 is 11.6 Å². The number of benzene rings is 2. The Hall–Kier alpha value is -3.18. The Labute approximate surface area is 180 Å². The number of aromatic nitrogens is 3. The van der Waals surface area contributed by atoms with E-state index in [0.29, 0.717) is 29.2 Å². The molecule has 1 N–H and O–H groups in total. The molecule has 0 radical (unpaired) electrons. The standard InChI is InChI=1S/C24H23ClN4O/c1-16-21(14-19-9-6-10-20(25)13-19)17(2)29-23(28-16)22(15-27-29)24(30)26-12-11-18-7-4-3-5-8-18/h3-10,13,15H,11-12,14H2,1-2H3,(H,26,30). The quantitative estimate of drug-likeness (QED) is 0.499. The zero-order chi connectivity index (χ0) is 21.1. The second kappa shape index (κ2) is 8.67. The third-order valence-corrected chi connectivity index (χ3v) is 5.50. The van der Waals surface area contributed by atoms with E-state index in [4.69, 9.17) is 16.6 Å². The molecule has 0 aliphatic rings. The van der Waals surface area contributed by atoms with Crippen molar-refractivity contribution in [2.75, 3.05) is 6.54 Å². The van der Waals surface area contributed by atoms with Crippen molar-refractivity contribution in [2.45, 2.75) is 26.7 Å². The summed E-state index contributed by atoms with van der Waals surface area (Å²) in [6.07, 6.45) is 3.08. The average molecular weight is 419 g/mol. The van der Waals surface area contributed by atoms with E-state index in [0.717, 1.165) is 28.9 Å². The number of nitrogens with zero attached hydrogens (tertiary/aromatic N) is 3. The molecule has 1 amide bonds. The summed E-state index contributed by atoms with van der Waals surface area (Å²) in [7, 11) is 0. The maximum Gasteiger partial charge on any atom is 0.256 e. The number of fused-ring (bicyclic) bond motifs is 1. The molecule has 2 aromatic carbocycles. The normalized spacial score (nSPS) is 11.0. The molecular weight excluding hydrogens is 396 g/mol. The lowest BCUT2D eigenvalue weighted by atomic mass is 10.0. The zero-order valence-electron chi connectivity index (χ0n) is 17.0. The lowest BCUT2D eigenvalue weighted by Crippen LogP contribution is -2.25. The molecule has 0 aliphatic carbocycles. The highest BCUT2D eigenvalue weighted by Crippen LogP contribution is 2.21. The third-order valence-electron chi connectivity index (χ3n) is 5.27. The number of aryl methyl sites for hydroxylation is 2. The van der Waals surface area contributed by atoms with Crippen molar-refractivity contribution >= 4 is 23.2 Å². The number of amides is 1. The third kappa shape index (κ3) is 4.21. The van der Waals surface area contributed by atoms with Crippen molar-refractivity contribution in [1.82, 2.24) is 19.9 Å². The Morgan fingerprint density at radius 1 is 1.07 bits per heavy atom. The summed E-state index contributed by atoms with van der Waals surface area (Å²) < 4.78 is 1.75. The van der Waals surface area contributed by atoms with Gasteiger partial charge in [-0.1, -0.05) is 54.1 Å². The number of hydrogen-bond donors (Lipinski definition) is 1. The zero-order valence-corrected chi connectivity index (χ0v) is 17.8. The van der Waals surface area contributed by atoms with E-state index in [1.54, 1.807) is 10.7 Å². The number of nitrogens with one attached hydrogen (secondary N) is 1. The van der Waals surface area contributed by atoms with E-state index in [-0.39, 0.29) is 5.91 Å². The summed E-state index contributed by atoms with van der Waals surface area (Å²) in [5.74, 6) is -0.158. The Bertz CT molecular complexity index is 1200. The van der Waals surface area contributed by atoms with Crippen LogP contribution in [0.5, 0.6) is 0 Å². The molecule has 6 heteroatoms. The van der Waals surface area contributed by atoms with E-state index in [1.165, 1.54) is 5.56 Å². The van der Waals surface area contributed by atoms with Gasteiger partial charge in [-0.05, 0) is 49.1 Å². The van der Waals surface area contributed by atoms with Crippen LogP contribution in [0.15, 0.2) is 60.8 Å². The SMILES string of the molecule is Cc1nc2c(C(=O)NCCc3ccccc3)cnn2c(C)c1Cc1cccc(Cl)c1. The highest BCUT2D eigenvalue weighted by atomic mass is 35.5. The molecule has 5 nitrogen and oxygen atoms in total. The summed E-state index contributed by atoms with van der Waals surface area (Å²) in [4.78, 5) is 17.4. The lowest BCUT2D eigenvalue weighted by Gasteiger charge is -2.12. The second-order valence-corrected chi connectivity index (χ2v) is 7.79. The number of rotatable bonds is 6. The molecular formula is C24H23ClN4O. The summed E-state index contributed by atoms with van der Waals surface area (Å²) in [6, 6.07) is 17.9. The smallest absolute Gasteiger partial charge is 0.256 e. The van der Waals surface area contributed by atoms with E-state index >= 15 is 0 Å². The van der Waals surface area contributed by atoms with Gasteiger partial charge in [0, 0.05) is 29.4 Å². The molecule has 0 bridgehead atoms. The van der Waals surface area contributed by atoms with Gasteiger partial charge in [-0.15, -0.1) is 0 Å². The molecule has 0 unspecified atom stereocenters. The Kier molecular flexibility index (Phi) is 5.81. The van der Waals surface area contributed by atoms with E-state index < -0.39 is 0 Å². The van der Waals surface area contributed by atoms with Crippen molar-refractivity contribution < 1.29 is 4.79 Å². The van der Waals surface area contributed by atoms with Crippen LogP contribution in [0.3, 0.4) is 0 Å². The molecule has 30 heavy (non-hydrogen) atoms. The van der Waals surface area contributed by atoms with Gasteiger partial charge in [-0.25, -0.2) is 9.50 Å². The van der Waals surface area contributed by atoms with Crippen LogP contribution in [0.2, 0.25) is 5.02 Å². The number of carbonyl (C=O) groups excluding carboxylic acids is 1. The van der Waals surface area contributed by atoms with Crippen LogP contribution in [0.25, 0.3) is 5.65 Å². The molecule has 0 saturated carbocycles. The van der Waals surface area contributed by atoms with E-state index in [1.807, 2.05) is 56.3 Å². The van der Waals surface area contributed by atoms with Crippen molar-refractivity contribution in [2.24, 2.45) is 0 Å². The van der Waals surface area contributed by atoms with E-state index in [9.17, 15) is 4.79 Å². The fourth-order valence-electron chi connectivity index (χ4n) is 3.64. The predicted octanol–water partition coefficient (Wildman–Crippen LogP) is 4.56. The van der Waals surface area contributed by atoms with Crippen molar-refractivity contribution in [1.29, 1.82) is 0 Å². The monoisotopic (exact) mass is 418 g/mol. The van der Waals surface area contributed by atoms with Crippen LogP contribution in [0.4, 0.5) is 0 Å². The second-order valence-electron chi connectivity index (χ2n) is 7.35. The fraction of sp³-hybridized carbons (Fsp3) is 0.208. The molecule has 0 aliphatic heterocycles. The highest BCUT2D eigenvalue weighted by molar-refractivity contribution is 6.30. The summed E-state index contributed by atoms with van der Waals surface area (Å²) >= 11 is 6.13. The summed E-state index contributed by atoms with van der Waals surface area (Å²) in [6.45, 7) is 4.54. The molecule has 0 spiro atoms. The van der Waals surface area contributed by atoms with Crippen LogP contribution in [-0.4, -0.2) is 27.0 Å². The maximum atomic E-state index is 12.7. The number of hydrogen-bond acceptors (Lipinski definition) is 3. The van der Waals surface area contributed by atoms with Crippen LogP contribution < -0.4 is 5.32 Å². The van der Waals surface area contributed by atoms with Gasteiger partial charge in [0.25, 0.3) is 5.91 Å². The minimum Gasteiger partial charge on any atom is -0.352 e. The molecule has 0 atom stereocenters. The highest BCUT2D eigenvalue weighted by Gasteiger charge is 2.18. The van der Waals surface area contributed by atoms with Gasteiger partial charge in [0.2, 0.25) is 0 Å². The topological polar surface area (TPSA) is 59.3 Å². The largest absolute Gasteiger partial charge is 0.352 e. The van der Waals surface area contributed by atoms with E-state index in [2.05, 4.69) is 22.5 Å². The van der Waals surface area contributed by atoms with Crippen molar-refractivity contribution in [3.8, 4) is 0 Å². The summed E-state index contributed by atoms with van der Waals surface area (Å²) in [5, 5.41) is 8.13. The first-order valence-electron chi connectivity index (χ1n) is 9.93. The van der Waals surface area contributed by atoms with Gasteiger partial charge in [0.05, 0.1) is 6.20 Å². The molecule has 0 saturated heterocycles. The lowest BCUT2D eigenvalue weighted by molar-refractivity contribution is 0.0955. The van der Waals surface area contributed by atoms with Crippen molar-refractivity contribution in [3.05, 3.63) is 99.5 Å². The molecule has 2 heterocycles. The molecule has 4 aromatic rings. The maximum absolute atomic E-state index is 12.7. The molecule has 4 rings (SSSR count). The van der Waals surface area contributed by atoms with Gasteiger partial charge in [0.1, 0.15) is 5.56 Å². The first-order chi connectivity index (χ1) is 14.5. The Morgan fingerprint density at radius 3 is 2.60 bits per heavy atom. The average Bonchev–Trinajstić information content (AvgIpc) is 3.16. The predicted molar refractivity (Wildman–Crippen MR) is 119 cm³/mol. The van der Waals surface area contributed by atoms with Gasteiger partial charge >= 0.3 is 0 Å². The first-order valence-corrected chi connectivity index (χ1v) is 10.3. The minimum atomic E-state index is -0.158. The minimum absolute atomic E-state index is 0.158. The molecule has 152 valence electrons. The van der Waals surface area contributed by atoms with Gasteiger partial charge < -0.3 is 5.32 Å². The van der Waals surface area contributed by atoms with Crippen LogP contribution in [0.1, 0.15) is 38.4 Å².